The van der Waals surface area contributed by atoms with Crippen molar-refractivity contribution in [1.29, 1.82) is 0 Å². The molecule has 1 aromatic rings. The molecule has 1 aromatic carbocycles. The van der Waals surface area contributed by atoms with E-state index in [-0.39, 0.29) is 17.7 Å². The summed E-state index contributed by atoms with van der Waals surface area (Å²) in [7, 11) is 0. The van der Waals surface area contributed by atoms with Crippen LogP contribution in [-0.4, -0.2) is 29.1 Å². The average molecular weight is 260 g/mol. The molecule has 2 heterocycles. The van der Waals surface area contributed by atoms with Gasteiger partial charge in [-0.3, -0.25) is 4.79 Å². The van der Waals surface area contributed by atoms with Gasteiger partial charge in [0.1, 0.15) is 5.75 Å². The molecular weight excluding hydrogens is 240 g/mol. The number of hydrogen-bond acceptors (Lipinski definition) is 3. The minimum Gasteiger partial charge on any atom is -0.508 e. The van der Waals surface area contributed by atoms with Crippen LogP contribution in [0, 0.1) is 6.92 Å². The van der Waals surface area contributed by atoms with E-state index >= 15 is 0 Å². The Bertz CT molecular complexity index is 489. The van der Waals surface area contributed by atoms with Gasteiger partial charge in [-0.1, -0.05) is 6.07 Å². The lowest BCUT2D eigenvalue weighted by molar-refractivity contribution is 0.0923. The number of phenols is 1. The minimum atomic E-state index is -0.0819. The Morgan fingerprint density at radius 2 is 2.00 bits per heavy atom. The fourth-order valence-electron chi connectivity index (χ4n) is 3.19. The first kappa shape index (κ1) is 12.5. The van der Waals surface area contributed by atoms with Gasteiger partial charge in [0.15, 0.2) is 0 Å². The van der Waals surface area contributed by atoms with Gasteiger partial charge in [0, 0.05) is 23.7 Å². The average Bonchev–Trinajstić information content (AvgIpc) is 2.72. The van der Waals surface area contributed by atoms with Crippen molar-refractivity contribution in [2.24, 2.45) is 0 Å². The number of hydrogen-bond donors (Lipinski definition) is 3. The van der Waals surface area contributed by atoms with Gasteiger partial charge in [-0.25, -0.2) is 0 Å². The standard InChI is InChI=1S/C15H20N2O2/c1-9-2-3-10(6-14(9)18)15(19)17-13-7-11-4-5-12(8-13)16-11/h2-3,6,11-13,16,18H,4-5,7-8H2,1H3,(H,17,19). The van der Waals surface area contributed by atoms with Gasteiger partial charge in [-0.2, -0.15) is 0 Å². The second-order valence-corrected chi connectivity index (χ2v) is 5.78. The number of piperidine rings is 1. The number of rotatable bonds is 2. The molecule has 19 heavy (non-hydrogen) atoms. The summed E-state index contributed by atoms with van der Waals surface area (Å²) in [5.74, 6) is 0.0969. The fourth-order valence-corrected chi connectivity index (χ4v) is 3.19. The van der Waals surface area contributed by atoms with Gasteiger partial charge in [-0.15, -0.1) is 0 Å². The zero-order valence-corrected chi connectivity index (χ0v) is 11.1. The van der Waals surface area contributed by atoms with Crippen LogP contribution in [-0.2, 0) is 0 Å². The predicted molar refractivity (Wildman–Crippen MR) is 73.3 cm³/mol. The Labute approximate surface area is 113 Å². The maximum Gasteiger partial charge on any atom is 0.251 e. The molecule has 2 bridgehead atoms. The Morgan fingerprint density at radius 1 is 1.32 bits per heavy atom. The van der Waals surface area contributed by atoms with Crippen LogP contribution in [0.1, 0.15) is 41.6 Å². The molecule has 3 N–H and O–H groups in total. The van der Waals surface area contributed by atoms with Crippen LogP contribution >= 0.6 is 0 Å². The number of nitrogens with one attached hydrogen (secondary N) is 2. The molecule has 4 nitrogen and oxygen atoms in total. The number of phenolic OH excluding ortho intramolecular Hbond substituents is 1. The number of aromatic hydroxyl groups is 1. The summed E-state index contributed by atoms with van der Waals surface area (Å²) in [4.78, 5) is 12.2. The van der Waals surface area contributed by atoms with Crippen LogP contribution in [0.25, 0.3) is 0 Å². The zero-order chi connectivity index (χ0) is 13.4. The topological polar surface area (TPSA) is 61.4 Å². The highest BCUT2D eigenvalue weighted by Crippen LogP contribution is 2.27. The van der Waals surface area contributed by atoms with Crippen LogP contribution in [0.4, 0.5) is 0 Å². The van der Waals surface area contributed by atoms with Gasteiger partial charge in [-0.05, 0) is 50.3 Å². The van der Waals surface area contributed by atoms with Crippen LogP contribution in [0.2, 0.25) is 0 Å². The summed E-state index contributed by atoms with van der Waals surface area (Å²) in [6.45, 7) is 1.82. The quantitative estimate of drug-likeness (QED) is 0.758. The number of fused-ring (bicyclic) bond motifs is 2. The molecule has 2 atom stereocenters. The molecule has 2 aliphatic heterocycles. The number of benzene rings is 1. The normalized spacial score (nSPS) is 29.2. The van der Waals surface area contributed by atoms with Crippen molar-refractivity contribution < 1.29 is 9.90 Å². The first-order valence-corrected chi connectivity index (χ1v) is 6.98. The third-order valence-corrected chi connectivity index (χ3v) is 4.28. The van der Waals surface area contributed by atoms with Crippen molar-refractivity contribution in [2.75, 3.05) is 0 Å². The van der Waals surface area contributed by atoms with E-state index < -0.39 is 0 Å². The first-order valence-electron chi connectivity index (χ1n) is 6.98. The fraction of sp³-hybridized carbons (Fsp3) is 0.533. The van der Waals surface area contributed by atoms with Crippen molar-refractivity contribution in [3.63, 3.8) is 0 Å². The van der Waals surface area contributed by atoms with Gasteiger partial charge in [0.05, 0.1) is 0 Å². The molecule has 2 fully saturated rings. The first-order chi connectivity index (χ1) is 9.11. The molecular formula is C15H20N2O2. The van der Waals surface area contributed by atoms with Crippen LogP contribution in [0.3, 0.4) is 0 Å². The summed E-state index contributed by atoms with van der Waals surface area (Å²) in [5.41, 5.74) is 1.32. The van der Waals surface area contributed by atoms with E-state index in [1.807, 2.05) is 6.92 Å². The highest BCUT2D eigenvalue weighted by Gasteiger charge is 2.34. The lowest BCUT2D eigenvalue weighted by Gasteiger charge is -2.29. The SMILES string of the molecule is Cc1ccc(C(=O)NC2CC3CCC(C2)N3)cc1O. The van der Waals surface area contributed by atoms with Gasteiger partial charge in [0.25, 0.3) is 5.91 Å². The van der Waals surface area contributed by atoms with Crippen molar-refractivity contribution in [2.45, 2.75) is 50.7 Å². The smallest absolute Gasteiger partial charge is 0.251 e. The Morgan fingerprint density at radius 3 is 2.63 bits per heavy atom. The Balaban J connectivity index is 1.66. The van der Waals surface area contributed by atoms with Crippen LogP contribution < -0.4 is 10.6 Å². The second-order valence-electron chi connectivity index (χ2n) is 5.78. The maximum absolute atomic E-state index is 12.2. The molecule has 2 saturated heterocycles. The number of aryl methyl sites for hydroxylation is 1. The summed E-state index contributed by atoms with van der Waals surface area (Å²) in [6.07, 6.45) is 4.48. The lowest BCUT2D eigenvalue weighted by atomic mass is 9.99. The summed E-state index contributed by atoms with van der Waals surface area (Å²) in [6, 6.07) is 6.47. The highest BCUT2D eigenvalue weighted by molar-refractivity contribution is 5.94. The molecule has 1 amide bonds. The monoisotopic (exact) mass is 260 g/mol. The molecule has 0 spiro atoms. The minimum absolute atomic E-state index is 0.0819. The summed E-state index contributed by atoms with van der Waals surface area (Å²) >= 11 is 0. The van der Waals surface area contributed by atoms with E-state index in [0.717, 1.165) is 18.4 Å². The molecule has 2 unspecified atom stereocenters. The van der Waals surface area contributed by atoms with E-state index in [0.29, 0.717) is 17.6 Å². The zero-order valence-electron chi connectivity index (χ0n) is 11.1. The molecule has 0 aromatic heterocycles. The number of amides is 1. The van der Waals surface area contributed by atoms with Crippen molar-refractivity contribution in [3.05, 3.63) is 29.3 Å². The van der Waals surface area contributed by atoms with Crippen LogP contribution in [0.5, 0.6) is 5.75 Å². The number of carbonyl (C=O) groups is 1. The van der Waals surface area contributed by atoms with Crippen molar-refractivity contribution in [3.8, 4) is 5.75 Å². The third kappa shape index (κ3) is 2.59. The van der Waals surface area contributed by atoms with Crippen molar-refractivity contribution in [1.82, 2.24) is 10.6 Å². The Kier molecular flexibility index (Phi) is 3.19. The van der Waals surface area contributed by atoms with E-state index in [2.05, 4.69) is 10.6 Å². The van der Waals surface area contributed by atoms with E-state index in [4.69, 9.17) is 0 Å². The van der Waals surface area contributed by atoms with E-state index in [1.165, 1.54) is 12.8 Å². The number of carbonyl (C=O) groups excluding carboxylic acids is 1. The molecule has 3 rings (SSSR count). The molecule has 0 aliphatic carbocycles. The molecule has 0 radical (unpaired) electrons. The third-order valence-electron chi connectivity index (χ3n) is 4.28. The summed E-state index contributed by atoms with van der Waals surface area (Å²) < 4.78 is 0. The van der Waals surface area contributed by atoms with E-state index in [9.17, 15) is 9.90 Å². The Hall–Kier alpha value is -1.55. The highest BCUT2D eigenvalue weighted by atomic mass is 16.3. The predicted octanol–water partition coefficient (Wildman–Crippen LogP) is 1.71. The van der Waals surface area contributed by atoms with E-state index in [1.54, 1.807) is 18.2 Å². The van der Waals surface area contributed by atoms with Gasteiger partial charge < -0.3 is 15.7 Å². The second kappa shape index (κ2) is 4.85. The molecule has 102 valence electrons. The van der Waals surface area contributed by atoms with Crippen molar-refractivity contribution >= 4 is 5.91 Å². The lowest BCUT2D eigenvalue weighted by Crippen LogP contribution is -2.48. The molecule has 0 saturated carbocycles. The largest absolute Gasteiger partial charge is 0.508 e. The summed E-state index contributed by atoms with van der Waals surface area (Å²) in [5, 5.41) is 16.3. The molecule has 4 heteroatoms. The van der Waals surface area contributed by atoms with Crippen LogP contribution in [0.15, 0.2) is 18.2 Å². The van der Waals surface area contributed by atoms with Gasteiger partial charge >= 0.3 is 0 Å². The molecule has 2 aliphatic rings. The van der Waals surface area contributed by atoms with Gasteiger partial charge in [0.2, 0.25) is 0 Å². The maximum atomic E-state index is 12.2.